The highest BCUT2D eigenvalue weighted by molar-refractivity contribution is 8.00. The molecule has 2 aliphatic rings. The molecule has 0 aromatic heterocycles. The minimum Gasteiger partial charge on any atom is -0.486 e. The SMILES string of the molecule is CNC1C(Sc2ccc3c(c2)OCCO3)CCC1(C)C. The van der Waals surface area contributed by atoms with Crippen LogP contribution in [0.1, 0.15) is 26.7 Å². The minimum absolute atomic E-state index is 0.375. The Kier molecular flexibility index (Phi) is 3.87. The van der Waals surface area contributed by atoms with Gasteiger partial charge in [0.1, 0.15) is 13.2 Å². The maximum atomic E-state index is 5.67. The van der Waals surface area contributed by atoms with Crippen molar-refractivity contribution in [2.75, 3.05) is 20.3 Å². The average molecular weight is 293 g/mol. The van der Waals surface area contributed by atoms with Crippen LogP contribution in [0.3, 0.4) is 0 Å². The first-order valence-corrected chi connectivity index (χ1v) is 8.22. The summed E-state index contributed by atoms with van der Waals surface area (Å²) in [5.74, 6) is 1.76. The molecule has 1 aromatic rings. The summed E-state index contributed by atoms with van der Waals surface area (Å²) < 4.78 is 11.2. The largest absolute Gasteiger partial charge is 0.486 e. The Labute approximate surface area is 125 Å². The van der Waals surface area contributed by atoms with Crippen LogP contribution in [0.4, 0.5) is 0 Å². The average Bonchev–Trinajstić information content (AvgIpc) is 2.73. The van der Waals surface area contributed by atoms with E-state index in [4.69, 9.17) is 9.47 Å². The highest BCUT2D eigenvalue weighted by Gasteiger charge is 2.41. The van der Waals surface area contributed by atoms with Gasteiger partial charge in [-0.15, -0.1) is 11.8 Å². The van der Waals surface area contributed by atoms with Crippen molar-refractivity contribution in [2.24, 2.45) is 5.41 Å². The molecule has 1 aliphatic heterocycles. The number of rotatable bonds is 3. The van der Waals surface area contributed by atoms with E-state index in [-0.39, 0.29) is 0 Å². The van der Waals surface area contributed by atoms with Gasteiger partial charge in [0.25, 0.3) is 0 Å². The lowest BCUT2D eigenvalue weighted by Gasteiger charge is -2.30. The predicted molar refractivity (Wildman–Crippen MR) is 82.9 cm³/mol. The second-order valence-corrected chi connectivity index (χ2v) is 7.57. The monoisotopic (exact) mass is 293 g/mol. The van der Waals surface area contributed by atoms with Crippen molar-refractivity contribution in [3.05, 3.63) is 18.2 Å². The number of benzene rings is 1. The van der Waals surface area contributed by atoms with E-state index in [0.29, 0.717) is 29.9 Å². The van der Waals surface area contributed by atoms with Gasteiger partial charge in [-0.2, -0.15) is 0 Å². The number of thioether (sulfide) groups is 1. The predicted octanol–water partition coefficient (Wildman–Crippen LogP) is 3.33. The lowest BCUT2D eigenvalue weighted by molar-refractivity contribution is 0.171. The Balaban J connectivity index is 1.75. The van der Waals surface area contributed by atoms with Gasteiger partial charge in [0.15, 0.2) is 11.5 Å². The van der Waals surface area contributed by atoms with Crippen LogP contribution in [0, 0.1) is 5.41 Å². The highest BCUT2D eigenvalue weighted by Crippen LogP contribution is 2.46. The number of hydrogen-bond donors (Lipinski definition) is 1. The number of fused-ring (bicyclic) bond motifs is 1. The van der Waals surface area contributed by atoms with Crippen LogP contribution in [0.25, 0.3) is 0 Å². The Bertz CT molecular complexity index is 489. The fourth-order valence-electron chi connectivity index (χ4n) is 3.32. The molecule has 4 heteroatoms. The van der Waals surface area contributed by atoms with Gasteiger partial charge < -0.3 is 14.8 Å². The molecular weight excluding hydrogens is 270 g/mol. The van der Waals surface area contributed by atoms with Crippen molar-refractivity contribution in [2.45, 2.75) is 42.9 Å². The molecule has 110 valence electrons. The minimum atomic E-state index is 0.375. The Morgan fingerprint density at radius 2 is 1.95 bits per heavy atom. The summed E-state index contributed by atoms with van der Waals surface area (Å²) in [6.45, 7) is 6.02. The van der Waals surface area contributed by atoms with Gasteiger partial charge >= 0.3 is 0 Å². The molecule has 3 rings (SSSR count). The van der Waals surface area contributed by atoms with Crippen LogP contribution in [0.2, 0.25) is 0 Å². The smallest absolute Gasteiger partial charge is 0.162 e. The molecule has 20 heavy (non-hydrogen) atoms. The molecule has 1 N–H and O–H groups in total. The molecule has 1 saturated carbocycles. The zero-order valence-electron chi connectivity index (χ0n) is 12.4. The van der Waals surface area contributed by atoms with E-state index < -0.39 is 0 Å². The van der Waals surface area contributed by atoms with Crippen LogP contribution in [0.5, 0.6) is 11.5 Å². The van der Waals surface area contributed by atoms with Crippen molar-refractivity contribution < 1.29 is 9.47 Å². The normalized spacial score (nSPS) is 27.6. The number of ether oxygens (including phenoxy) is 2. The third-order valence-electron chi connectivity index (χ3n) is 4.40. The molecule has 1 fully saturated rings. The standard InChI is InChI=1S/C16H23NO2S/c1-16(2)7-6-14(15(16)17-3)20-11-4-5-12-13(10-11)19-9-8-18-12/h4-5,10,14-15,17H,6-9H2,1-3H3. The second kappa shape index (κ2) is 5.49. The maximum Gasteiger partial charge on any atom is 0.162 e. The molecule has 2 unspecified atom stereocenters. The first-order valence-electron chi connectivity index (χ1n) is 7.34. The van der Waals surface area contributed by atoms with Gasteiger partial charge in [-0.1, -0.05) is 13.8 Å². The summed E-state index contributed by atoms with van der Waals surface area (Å²) in [7, 11) is 2.08. The van der Waals surface area contributed by atoms with Crippen molar-refractivity contribution in [1.82, 2.24) is 5.32 Å². The Morgan fingerprint density at radius 3 is 2.70 bits per heavy atom. The molecule has 0 amide bonds. The molecule has 1 aromatic carbocycles. The lowest BCUT2D eigenvalue weighted by atomic mass is 9.87. The molecule has 2 atom stereocenters. The second-order valence-electron chi connectivity index (χ2n) is 6.26. The summed E-state index contributed by atoms with van der Waals surface area (Å²) in [6, 6.07) is 6.86. The fourth-order valence-corrected chi connectivity index (χ4v) is 4.86. The summed E-state index contributed by atoms with van der Waals surface area (Å²) in [5.41, 5.74) is 0.375. The third kappa shape index (κ3) is 2.63. The summed E-state index contributed by atoms with van der Waals surface area (Å²) >= 11 is 1.96. The molecule has 0 radical (unpaired) electrons. The zero-order chi connectivity index (χ0) is 14.2. The van der Waals surface area contributed by atoms with E-state index in [0.717, 1.165) is 11.5 Å². The van der Waals surface area contributed by atoms with E-state index >= 15 is 0 Å². The van der Waals surface area contributed by atoms with E-state index in [1.54, 1.807) is 0 Å². The molecule has 1 aliphatic carbocycles. The third-order valence-corrected chi connectivity index (χ3v) is 5.74. The van der Waals surface area contributed by atoms with Crippen molar-refractivity contribution in [3.8, 4) is 11.5 Å². The highest BCUT2D eigenvalue weighted by atomic mass is 32.2. The van der Waals surface area contributed by atoms with Crippen LogP contribution in [-0.4, -0.2) is 31.6 Å². The summed E-state index contributed by atoms with van der Waals surface area (Å²) in [4.78, 5) is 1.28. The van der Waals surface area contributed by atoms with E-state index in [9.17, 15) is 0 Å². The molecule has 0 spiro atoms. The van der Waals surface area contributed by atoms with Crippen molar-refractivity contribution in [3.63, 3.8) is 0 Å². The van der Waals surface area contributed by atoms with Gasteiger partial charge in [0, 0.05) is 16.2 Å². The van der Waals surface area contributed by atoms with Gasteiger partial charge in [-0.25, -0.2) is 0 Å². The van der Waals surface area contributed by atoms with Crippen LogP contribution in [0.15, 0.2) is 23.1 Å². The number of nitrogens with one attached hydrogen (secondary N) is 1. The first-order chi connectivity index (χ1) is 9.60. The van der Waals surface area contributed by atoms with E-state index in [1.807, 2.05) is 17.8 Å². The van der Waals surface area contributed by atoms with E-state index in [1.165, 1.54) is 17.7 Å². The maximum absolute atomic E-state index is 5.67. The van der Waals surface area contributed by atoms with Gasteiger partial charge in [0.05, 0.1) is 0 Å². The Morgan fingerprint density at radius 1 is 1.20 bits per heavy atom. The first kappa shape index (κ1) is 14.1. The fraction of sp³-hybridized carbons (Fsp3) is 0.625. The van der Waals surface area contributed by atoms with Gasteiger partial charge in [-0.3, -0.25) is 0 Å². The summed E-state index contributed by atoms with van der Waals surface area (Å²) in [5, 5.41) is 4.13. The van der Waals surface area contributed by atoms with Crippen molar-refractivity contribution in [1.29, 1.82) is 0 Å². The van der Waals surface area contributed by atoms with E-state index in [2.05, 4.69) is 38.3 Å². The molecule has 0 saturated heterocycles. The quantitative estimate of drug-likeness (QED) is 0.926. The zero-order valence-corrected chi connectivity index (χ0v) is 13.3. The number of hydrogen-bond acceptors (Lipinski definition) is 4. The molecule has 3 nitrogen and oxygen atoms in total. The van der Waals surface area contributed by atoms with Gasteiger partial charge in [0.2, 0.25) is 0 Å². The van der Waals surface area contributed by atoms with Crippen LogP contribution < -0.4 is 14.8 Å². The molecule has 1 heterocycles. The van der Waals surface area contributed by atoms with Crippen LogP contribution >= 0.6 is 11.8 Å². The topological polar surface area (TPSA) is 30.5 Å². The molecular formula is C16H23NO2S. The van der Waals surface area contributed by atoms with Crippen molar-refractivity contribution >= 4 is 11.8 Å². The summed E-state index contributed by atoms with van der Waals surface area (Å²) in [6.07, 6.45) is 2.54. The Hall–Kier alpha value is -0.870. The van der Waals surface area contributed by atoms with Gasteiger partial charge in [-0.05, 0) is 43.5 Å². The molecule has 0 bridgehead atoms. The lowest BCUT2D eigenvalue weighted by Crippen LogP contribution is -2.41. The van der Waals surface area contributed by atoms with Crippen LogP contribution in [-0.2, 0) is 0 Å².